The van der Waals surface area contributed by atoms with Gasteiger partial charge in [-0.05, 0) is 48.4 Å². The van der Waals surface area contributed by atoms with E-state index in [1.807, 2.05) is 36.6 Å². The predicted molar refractivity (Wildman–Crippen MR) is 156 cm³/mol. The molecule has 0 N–H and O–H groups in total. The fourth-order valence-electron chi connectivity index (χ4n) is 5.65. The molecule has 15 heteroatoms. The molecule has 4 aromatic rings. The van der Waals surface area contributed by atoms with Gasteiger partial charge in [-0.1, -0.05) is 18.2 Å². The number of thiophene rings is 1. The number of nitro groups is 2. The van der Waals surface area contributed by atoms with Crippen LogP contribution in [0.15, 0.2) is 59.1 Å². The van der Waals surface area contributed by atoms with Crippen molar-refractivity contribution >= 4 is 48.8 Å². The van der Waals surface area contributed by atoms with Gasteiger partial charge in [0.05, 0.1) is 32.7 Å². The van der Waals surface area contributed by atoms with Crippen LogP contribution in [-0.4, -0.2) is 64.3 Å². The maximum absolute atomic E-state index is 14.2. The molecule has 1 unspecified atom stereocenters. The number of nitro benzene ring substituents is 2. The van der Waals surface area contributed by atoms with Gasteiger partial charge < -0.3 is 9.64 Å². The fraction of sp³-hybridized carbons (Fsp3) is 0.333. The van der Waals surface area contributed by atoms with E-state index in [0.29, 0.717) is 44.2 Å². The number of piperidine rings is 1. The molecule has 2 aromatic carbocycles. The highest BCUT2D eigenvalue weighted by atomic mass is 32.2. The van der Waals surface area contributed by atoms with E-state index >= 15 is 0 Å². The highest BCUT2D eigenvalue weighted by Gasteiger charge is 2.41. The highest BCUT2D eigenvalue weighted by Crippen LogP contribution is 2.37. The summed E-state index contributed by atoms with van der Waals surface area (Å²) in [5.41, 5.74) is 1.51. The number of fused-ring (bicyclic) bond motifs is 2. The molecule has 42 heavy (non-hydrogen) atoms. The first kappa shape index (κ1) is 27.9. The van der Waals surface area contributed by atoms with Crippen molar-refractivity contribution in [3.8, 4) is 5.75 Å². The molecular weight excluding hydrogens is 584 g/mol. The molecule has 0 saturated carbocycles. The average Bonchev–Trinajstić information content (AvgIpc) is 3.58. The lowest BCUT2D eigenvalue weighted by Crippen LogP contribution is -2.50. The van der Waals surface area contributed by atoms with Crippen LogP contribution < -0.4 is 9.64 Å². The van der Waals surface area contributed by atoms with Gasteiger partial charge >= 0.3 is 0 Å². The Bertz CT molecular complexity index is 1780. The maximum atomic E-state index is 14.2. The second-order valence-corrected chi connectivity index (χ2v) is 13.0. The van der Waals surface area contributed by atoms with Crippen molar-refractivity contribution in [3.05, 3.63) is 85.5 Å². The molecule has 2 aliphatic heterocycles. The fourth-order valence-corrected chi connectivity index (χ4v) is 8.53. The summed E-state index contributed by atoms with van der Waals surface area (Å²) in [7, 11) is -4.46. The van der Waals surface area contributed by atoms with Crippen molar-refractivity contribution in [1.82, 2.24) is 14.3 Å². The molecule has 13 nitrogen and oxygen atoms in total. The molecule has 0 amide bonds. The lowest BCUT2D eigenvalue weighted by molar-refractivity contribution is -0.396. The van der Waals surface area contributed by atoms with Crippen molar-refractivity contribution in [2.24, 2.45) is 0 Å². The number of aromatic nitrogens is 2. The molecule has 1 fully saturated rings. The zero-order valence-corrected chi connectivity index (χ0v) is 24.1. The Hall–Kier alpha value is -4.21. The van der Waals surface area contributed by atoms with E-state index in [2.05, 4.69) is 14.9 Å². The number of anilines is 1. The molecule has 0 spiro atoms. The number of ether oxygens (including phenoxy) is 1. The summed E-state index contributed by atoms with van der Waals surface area (Å²) < 4.78 is 36.7. The molecule has 2 aliphatic rings. The van der Waals surface area contributed by atoms with Crippen LogP contribution in [0, 0.1) is 27.2 Å². The van der Waals surface area contributed by atoms with Crippen molar-refractivity contribution in [2.45, 2.75) is 43.2 Å². The third kappa shape index (κ3) is 5.03. The summed E-state index contributed by atoms with van der Waals surface area (Å²) >= 11 is 1.56. The van der Waals surface area contributed by atoms with Gasteiger partial charge in [-0.3, -0.25) is 20.2 Å². The molecule has 1 saturated heterocycles. The van der Waals surface area contributed by atoms with Crippen LogP contribution in [0.1, 0.15) is 24.0 Å². The monoisotopic (exact) mass is 610 g/mol. The Morgan fingerprint density at radius 3 is 2.57 bits per heavy atom. The minimum absolute atomic E-state index is 0.0301. The summed E-state index contributed by atoms with van der Waals surface area (Å²) in [5.74, 6) is 1.47. The Kier molecular flexibility index (Phi) is 7.24. The maximum Gasteiger partial charge on any atom is 0.296 e. The van der Waals surface area contributed by atoms with Crippen molar-refractivity contribution < 1.29 is 23.0 Å². The molecule has 4 heterocycles. The Morgan fingerprint density at radius 1 is 1.10 bits per heavy atom. The van der Waals surface area contributed by atoms with E-state index in [4.69, 9.17) is 4.74 Å². The van der Waals surface area contributed by atoms with Gasteiger partial charge in [-0.15, -0.1) is 11.3 Å². The van der Waals surface area contributed by atoms with Crippen LogP contribution in [0.4, 0.5) is 17.2 Å². The number of para-hydroxylation sites is 1. The lowest BCUT2D eigenvalue weighted by atomic mass is 10.0. The molecule has 0 bridgehead atoms. The van der Waals surface area contributed by atoms with Gasteiger partial charge in [0.1, 0.15) is 24.0 Å². The van der Waals surface area contributed by atoms with Crippen LogP contribution in [0.2, 0.25) is 0 Å². The van der Waals surface area contributed by atoms with E-state index in [-0.39, 0.29) is 6.54 Å². The predicted octanol–water partition coefficient (Wildman–Crippen LogP) is 4.48. The Balaban J connectivity index is 1.32. The highest BCUT2D eigenvalue weighted by molar-refractivity contribution is 7.89. The Morgan fingerprint density at radius 2 is 1.86 bits per heavy atom. The van der Waals surface area contributed by atoms with Crippen molar-refractivity contribution in [1.29, 1.82) is 0 Å². The van der Waals surface area contributed by atoms with E-state index < -0.39 is 48.3 Å². The number of hydrogen-bond donors (Lipinski definition) is 0. The first-order valence-corrected chi connectivity index (χ1v) is 15.6. The number of aryl methyl sites for hydroxylation is 1. The van der Waals surface area contributed by atoms with Crippen LogP contribution >= 0.6 is 11.3 Å². The van der Waals surface area contributed by atoms with Crippen molar-refractivity contribution in [2.75, 3.05) is 24.5 Å². The molecule has 0 radical (unpaired) electrons. The van der Waals surface area contributed by atoms with Gasteiger partial charge in [-0.25, -0.2) is 18.4 Å². The van der Waals surface area contributed by atoms with Crippen molar-refractivity contribution in [3.63, 3.8) is 0 Å². The second kappa shape index (κ2) is 10.9. The number of hydrogen-bond acceptors (Lipinski definition) is 11. The third-order valence-corrected chi connectivity index (χ3v) is 10.8. The van der Waals surface area contributed by atoms with Gasteiger partial charge in [0.15, 0.2) is 4.90 Å². The summed E-state index contributed by atoms with van der Waals surface area (Å²) in [4.78, 5) is 31.9. The number of non-ortho nitro benzene ring substituents is 1. The minimum Gasteiger partial charge on any atom is -0.488 e. The molecule has 0 aliphatic carbocycles. The molecule has 2 aromatic heterocycles. The van der Waals surface area contributed by atoms with Crippen LogP contribution in [0.25, 0.3) is 10.2 Å². The number of rotatable bonds is 8. The topological polar surface area (TPSA) is 162 Å². The van der Waals surface area contributed by atoms with Gasteiger partial charge in [0.2, 0.25) is 10.0 Å². The first-order valence-electron chi connectivity index (χ1n) is 13.3. The van der Waals surface area contributed by atoms with Gasteiger partial charge in [-0.2, -0.15) is 4.31 Å². The average molecular weight is 611 g/mol. The molecule has 218 valence electrons. The largest absolute Gasteiger partial charge is 0.488 e. The number of nitrogens with zero attached hydrogens (tertiary/aromatic N) is 6. The number of benzene rings is 2. The first-order chi connectivity index (χ1) is 20.1. The minimum atomic E-state index is -4.46. The molecule has 6 rings (SSSR count). The van der Waals surface area contributed by atoms with Gasteiger partial charge in [0, 0.05) is 31.6 Å². The van der Waals surface area contributed by atoms with E-state index in [1.54, 1.807) is 11.3 Å². The van der Waals surface area contributed by atoms with Gasteiger partial charge in [0.25, 0.3) is 11.4 Å². The van der Waals surface area contributed by atoms with Crippen LogP contribution in [0.5, 0.6) is 5.75 Å². The smallest absolute Gasteiger partial charge is 0.296 e. The quantitative estimate of drug-likeness (QED) is 0.205. The number of sulfonamides is 1. The standard InChI is InChI=1S/C27H26N6O7S2/c1-17-15-41-26-25(17)28-16-29-27(26)30-10-8-19(9-11-30)31(14-21-12-18-4-2-3-5-23(18)40-21)42(38,39)24-7-6-20(32(34)35)13-22(24)33(36)37/h2-7,13,15-16,19,21H,8-12,14H2,1H3. The molecular formula is C27H26N6O7S2. The zero-order valence-electron chi connectivity index (χ0n) is 22.5. The second-order valence-electron chi connectivity index (χ2n) is 10.3. The SMILES string of the molecule is Cc1csc2c(N3CCC(N(CC4Cc5ccccc5O4)S(=O)(=O)c4ccc([N+](=O)[O-])cc4[N+](=O)[O-])CC3)ncnc12. The lowest BCUT2D eigenvalue weighted by Gasteiger charge is -2.39. The Labute approximate surface area is 244 Å². The summed E-state index contributed by atoms with van der Waals surface area (Å²) in [6.07, 6.45) is 2.40. The van der Waals surface area contributed by atoms with E-state index in [0.717, 1.165) is 39.3 Å². The van der Waals surface area contributed by atoms with E-state index in [1.165, 1.54) is 10.6 Å². The van der Waals surface area contributed by atoms with E-state index in [9.17, 15) is 28.6 Å². The van der Waals surface area contributed by atoms with Crippen LogP contribution in [-0.2, 0) is 16.4 Å². The van der Waals surface area contributed by atoms with Crippen LogP contribution in [0.3, 0.4) is 0 Å². The summed E-state index contributed by atoms with van der Waals surface area (Å²) in [5, 5.41) is 25.2. The zero-order chi connectivity index (χ0) is 29.6. The third-order valence-electron chi connectivity index (χ3n) is 7.72. The molecule has 1 atom stereocenters. The normalized spacial score (nSPS) is 17.4. The summed E-state index contributed by atoms with van der Waals surface area (Å²) in [6.45, 7) is 2.98. The summed E-state index contributed by atoms with van der Waals surface area (Å²) in [6, 6.07) is 9.60.